The average Bonchev–Trinajstić information content (AvgIpc) is 3.45. The van der Waals surface area contributed by atoms with Gasteiger partial charge in [0, 0.05) is 21.4 Å². The monoisotopic (exact) mass is 592 g/mol. The minimum absolute atomic E-state index is 0.115. The van der Waals surface area contributed by atoms with Gasteiger partial charge in [0.25, 0.3) is 0 Å². The van der Waals surface area contributed by atoms with Crippen molar-refractivity contribution in [2.45, 2.75) is 17.5 Å². The molecule has 0 saturated carbocycles. The Bertz CT molecular complexity index is 1750. The molecule has 40 heavy (non-hydrogen) atoms. The number of benzene rings is 4. The fourth-order valence-electron chi connectivity index (χ4n) is 6.73. The molecule has 0 radical (unpaired) electrons. The second-order valence-electron chi connectivity index (χ2n) is 10.3. The number of carbonyl (C=O) groups excluding carboxylic acids is 3. The number of amides is 1. The highest BCUT2D eigenvalue weighted by Gasteiger charge is 2.70. The first-order chi connectivity index (χ1) is 19.4. The zero-order valence-electron chi connectivity index (χ0n) is 21.1. The Morgan fingerprint density at radius 2 is 1.55 bits per heavy atom. The smallest absolute Gasteiger partial charge is 0.238 e. The van der Waals surface area contributed by atoms with Crippen LogP contribution in [-0.4, -0.2) is 29.6 Å². The fraction of sp³-hybridized carbons (Fsp3) is 0.121. The summed E-state index contributed by atoms with van der Waals surface area (Å²) in [5.41, 5.74) is 1.64. The van der Waals surface area contributed by atoms with E-state index in [4.69, 9.17) is 0 Å². The summed E-state index contributed by atoms with van der Waals surface area (Å²) in [6.45, 7) is 0. The molecule has 1 saturated heterocycles. The maximum absolute atomic E-state index is 15.2. The van der Waals surface area contributed by atoms with Gasteiger partial charge in [-0.25, -0.2) is 4.39 Å². The lowest BCUT2D eigenvalue weighted by Crippen LogP contribution is -2.51. The highest BCUT2D eigenvalue weighted by atomic mass is 79.9. The second-order valence-corrected chi connectivity index (χ2v) is 11.2. The Labute approximate surface area is 238 Å². The zero-order valence-corrected chi connectivity index (χ0v) is 22.6. The number of Topliss-reactive ketones (excluding diaryl/α,β-unsaturated/α-hetero) is 2. The van der Waals surface area contributed by atoms with Crippen molar-refractivity contribution in [3.8, 4) is 0 Å². The number of fused-ring (bicyclic) bond motifs is 6. The van der Waals surface area contributed by atoms with Gasteiger partial charge in [-0.05, 0) is 47.5 Å². The molecule has 3 heterocycles. The van der Waals surface area contributed by atoms with Gasteiger partial charge in [0.1, 0.15) is 17.3 Å². The third-order valence-corrected chi connectivity index (χ3v) is 8.89. The maximum Gasteiger partial charge on any atom is 0.238 e. The minimum Gasteiger partial charge on any atom is -0.352 e. The van der Waals surface area contributed by atoms with E-state index in [0.29, 0.717) is 22.5 Å². The van der Waals surface area contributed by atoms with Crippen molar-refractivity contribution in [3.63, 3.8) is 0 Å². The van der Waals surface area contributed by atoms with Crippen LogP contribution in [0.25, 0.3) is 6.08 Å². The SMILES string of the molecule is O=C(c1ccccc1F)[C@@H]1[C@@H](C(=O)c2ccc(Br)cc2)[C@]2(C(=O)Nc3ccccc32)[C@H]2C=Cc3ccccc3N12. The van der Waals surface area contributed by atoms with Crippen molar-refractivity contribution < 1.29 is 18.8 Å². The van der Waals surface area contributed by atoms with E-state index in [1.54, 1.807) is 36.4 Å². The molecule has 3 aliphatic heterocycles. The van der Waals surface area contributed by atoms with Gasteiger partial charge in [-0.1, -0.05) is 88.7 Å². The van der Waals surface area contributed by atoms with E-state index in [9.17, 15) is 14.4 Å². The molecule has 0 aliphatic carbocycles. The van der Waals surface area contributed by atoms with E-state index in [1.165, 1.54) is 18.2 Å². The first kappa shape index (κ1) is 24.7. The Kier molecular flexibility index (Phi) is 5.61. The summed E-state index contributed by atoms with van der Waals surface area (Å²) in [5.74, 6) is -3.07. The van der Waals surface area contributed by atoms with E-state index in [0.717, 1.165) is 10.0 Å². The lowest BCUT2D eigenvalue weighted by atomic mass is 9.64. The number of para-hydroxylation sites is 2. The molecule has 7 heteroatoms. The predicted octanol–water partition coefficient (Wildman–Crippen LogP) is 6.44. The molecule has 0 bridgehead atoms. The van der Waals surface area contributed by atoms with Crippen LogP contribution < -0.4 is 10.2 Å². The normalized spacial score (nSPS) is 23.9. The van der Waals surface area contributed by atoms with E-state index in [1.807, 2.05) is 59.5 Å². The number of carbonyl (C=O) groups is 3. The first-order valence-corrected chi connectivity index (χ1v) is 13.8. The molecule has 0 unspecified atom stereocenters. The molecule has 7 rings (SSSR count). The number of hydrogen-bond donors (Lipinski definition) is 1. The number of halogens is 2. The number of anilines is 2. The zero-order chi connectivity index (χ0) is 27.6. The van der Waals surface area contributed by atoms with Crippen LogP contribution in [0.1, 0.15) is 31.8 Å². The van der Waals surface area contributed by atoms with E-state index in [-0.39, 0.29) is 17.3 Å². The van der Waals surface area contributed by atoms with Crippen LogP contribution in [-0.2, 0) is 10.2 Å². The van der Waals surface area contributed by atoms with Gasteiger partial charge in [0.05, 0.1) is 17.5 Å². The Morgan fingerprint density at radius 3 is 2.35 bits per heavy atom. The molecule has 5 nitrogen and oxygen atoms in total. The molecule has 4 aromatic carbocycles. The predicted molar refractivity (Wildman–Crippen MR) is 155 cm³/mol. The largest absolute Gasteiger partial charge is 0.352 e. The molecule has 4 aromatic rings. The Balaban J connectivity index is 1.55. The van der Waals surface area contributed by atoms with E-state index < -0.39 is 35.0 Å². The maximum atomic E-state index is 15.2. The van der Waals surface area contributed by atoms with Crippen LogP contribution in [0.5, 0.6) is 0 Å². The first-order valence-electron chi connectivity index (χ1n) is 13.0. The number of nitrogens with zero attached hydrogens (tertiary/aromatic N) is 1. The highest BCUT2D eigenvalue weighted by molar-refractivity contribution is 9.10. The number of hydrogen-bond acceptors (Lipinski definition) is 4. The van der Waals surface area contributed by atoms with E-state index >= 15 is 4.39 Å². The third-order valence-electron chi connectivity index (χ3n) is 8.36. The summed E-state index contributed by atoms with van der Waals surface area (Å²) < 4.78 is 16.0. The minimum atomic E-state index is -1.43. The quantitative estimate of drug-likeness (QED) is 0.277. The highest BCUT2D eigenvalue weighted by Crippen LogP contribution is 2.58. The third kappa shape index (κ3) is 3.34. The van der Waals surface area contributed by atoms with E-state index in [2.05, 4.69) is 21.2 Å². The molecule has 196 valence electrons. The van der Waals surface area contributed by atoms with Crippen LogP contribution in [0.15, 0.2) is 108 Å². The Morgan fingerprint density at radius 1 is 0.850 bits per heavy atom. The summed E-state index contributed by atoms with van der Waals surface area (Å²) in [5, 5.41) is 3.00. The molecule has 1 spiro atoms. The second kappa shape index (κ2) is 9.10. The molecule has 0 aromatic heterocycles. The van der Waals surface area contributed by atoms with Crippen molar-refractivity contribution in [3.05, 3.63) is 136 Å². The summed E-state index contributed by atoms with van der Waals surface area (Å²) in [6.07, 6.45) is 3.84. The van der Waals surface area contributed by atoms with Gasteiger partial charge < -0.3 is 10.2 Å². The van der Waals surface area contributed by atoms with Gasteiger partial charge in [-0.2, -0.15) is 0 Å². The Hall–Kier alpha value is -4.36. The molecule has 4 atom stereocenters. The van der Waals surface area contributed by atoms with Gasteiger partial charge in [0.15, 0.2) is 11.6 Å². The number of ketones is 2. The summed E-state index contributed by atoms with van der Waals surface area (Å²) in [4.78, 5) is 45.3. The summed E-state index contributed by atoms with van der Waals surface area (Å²) in [7, 11) is 0. The molecular weight excluding hydrogens is 571 g/mol. The topological polar surface area (TPSA) is 66.5 Å². The lowest BCUT2D eigenvalue weighted by molar-refractivity contribution is -0.121. The van der Waals surface area contributed by atoms with Crippen molar-refractivity contribution in [2.75, 3.05) is 10.2 Å². The average molecular weight is 593 g/mol. The van der Waals surface area contributed by atoms with Crippen molar-refractivity contribution in [1.82, 2.24) is 0 Å². The lowest BCUT2D eigenvalue weighted by Gasteiger charge is -2.37. The van der Waals surface area contributed by atoms with Crippen molar-refractivity contribution in [2.24, 2.45) is 5.92 Å². The van der Waals surface area contributed by atoms with Crippen LogP contribution >= 0.6 is 15.9 Å². The molecule has 3 aliphatic rings. The molecule has 1 N–H and O–H groups in total. The summed E-state index contributed by atoms with van der Waals surface area (Å²) in [6, 6.07) is 25.7. The fourth-order valence-corrected chi connectivity index (χ4v) is 7.00. The summed E-state index contributed by atoms with van der Waals surface area (Å²) >= 11 is 3.42. The molecular formula is C33H22BrFN2O3. The van der Waals surface area contributed by atoms with Gasteiger partial charge in [-0.15, -0.1) is 0 Å². The number of rotatable bonds is 4. The van der Waals surface area contributed by atoms with Gasteiger partial charge in [-0.3, -0.25) is 14.4 Å². The van der Waals surface area contributed by atoms with Gasteiger partial charge >= 0.3 is 0 Å². The van der Waals surface area contributed by atoms with Crippen LogP contribution in [0.2, 0.25) is 0 Å². The van der Waals surface area contributed by atoms with Crippen molar-refractivity contribution in [1.29, 1.82) is 0 Å². The van der Waals surface area contributed by atoms with Crippen LogP contribution in [0.3, 0.4) is 0 Å². The van der Waals surface area contributed by atoms with Crippen LogP contribution in [0.4, 0.5) is 15.8 Å². The molecule has 1 amide bonds. The number of nitrogens with one attached hydrogen (secondary N) is 1. The van der Waals surface area contributed by atoms with Gasteiger partial charge in [0.2, 0.25) is 5.91 Å². The van der Waals surface area contributed by atoms with Crippen molar-refractivity contribution >= 4 is 50.9 Å². The molecule has 1 fully saturated rings. The standard InChI is InChI=1S/C33H22BrFN2O3/c34-21-16-13-20(14-17-21)30(38)28-29(31(39)22-8-2-4-10-24(22)35)37-26-12-6-1-7-19(26)15-18-27(37)33(28)23-9-3-5-11-25(23)36-32(33)40/h1-18,27-29H,(H,36,40)/t27-,28+,29+,33-/m1/s1. The van der Waals surface area contributed by atoms with Crippen LogP contribution in [0, 0.1) is 11.7 Å².